The van der Waals surface area contributed by atoms with E-state index in [-0.39, 0.29) is 0 Å². The summed E-state index contributed by atoms with van der Waals surface area (Å²) in [5.74, 6) is 0. The Labute approximate surface area is 193 Å². The van der Waals surface area contributed by atoms with E-state index in [0.29, 0.717) is 0 Å². The van der Waals surface area contributed by atoms with Crippen molar-refractivity contribution in [3.63, 3.8) is 0 Å². The maximum atomic E-state index is 2.46. The van der Waals surface area contributed by atoms with Crippen molar-refractivity contribution in [2.24, 2.45) is 0 Å². The molecule has 0 N–H and O–H groups in total. The lowest BCUT2D eigenvalue weighted by molar-refractivity contribution is 0.799. The Morgan fingerprint density at radius 3 is 1.28 bits per heavy atom. The van der Waals surface area contributed by atoms with E-state index in [1.807, 2.05) is 0 Å². The van der Waals surface area contributed by atoms with Crippen LogP contribution in [0.4, 0.5) is 5.69 Å². The molecule has 0 amide bonds. The molecule has 0 spiro atoms. The third kappa shape index (κ3) is 6.34. The van der Waals surface area contributed by atoms with Crippen LogP contribution in [0.2, 0.25) is 0 Å². The molecule has 0 saturated carbocycles. The van der Waals surface area contributed by atoms with Crippen LogP contribution in [0.25, 0.3) is 0 Å². The Morgan fingerprint density at radius 1 is 0.438 bits per heavy atom. The van der Waals surface area contributed by atoms with Crippen molar-refractivity contribution < 1.29 is 0 Å². The fourth-order valence-corrected chi connectivity index (χ4v) is 4.17. The van der Waals surface area contributed by atoms with Gasteiger partial charge < -0.3 is 4.90 Å². The standard InChI is InChI=1S/C31H33N/c1-2-9-26-14-16-27(17-15-26)18-19-28-20-22-31(23-21-28)32(24-29-10-5-3-6-11-29)25-30-12-7-4-8-13-30/h3-8,10-17,20-23H,2,9,18-19,24-25H2,1H3. The topological polar surface area (TPSA) is 3.24 Å². The first-order chi connectivity index (χ1) is 15.8. The van der Waals surface area contributed by atoms with Crippen LogP contribution in [0.3, 0.4) is 0 Å². The van der Waals surface area contributed by atoms with Crippen LogP contribution in [0.1, 0.15) is 41.2 Å². The van der Waals surface area contributed by atoms with E-state index in [0.717, 1.165) is 25.9 Å². The van der Waals surface area contributed by atoms with E-state index in [1.54, 1.807) is 0 Å². The lowest BCUT2D eigenvalue weighted by Gasteiger charge is -2.25. The van der Waals surface area contributed by atoms with Crippen molar-refractivity contribution in [3.05, 3.63) is 137 Å². The normalized spacial score (nSPS) is 10.8. The van der Waals surface area contributed by atoms with Gasteiger partial charge in [-0.3, -0.25) is 0 Å². The van der Waals surface area contributed by atoms with Gasteiger partial charge in [0.25, 0.3) is 0 Å². The van der Waals surface area contributed by atoms with E-state index in [2.05, 4.69) is 121 Å². The second-order valence-corrected chi connectivity index (χ2v) is 8.56. The smallest absolute Gasteiger partial charge is 0.0433 e. The highest BCUT2D eigenvalue weighted by Crippen LogP contribution is 2.22. The van der Waals surface area contributed by atoms with Gasteiger partial charge in [0, 0.05) is 18.8 Å². The number of hydrogen-bond acceptors (Lipinski definition) is 1. The van der Waals surface area contributed by atoms with Crippen LogP contribution in [0, 0.1) is 0 Å². The van der Waals surface area contributed by atoms with Crippen LogP contribution in [0.5, 0.6) is 0 Å². The van der Waals surface area contributed by atoms with Gasteiger partial charge in [-0.25, -0.2) is 0 Å². The van der Waals surface area contributed by atoms with Crippen LogP contribution < -0.4 is 4.90 Å². The summed E-state index contributed by atoms with van der Waals surface area (Å²) in [6.45, 7) is 4.04. The third-order valence-electron chi connectivity index (χ3n) is 6.00. The molecule has 0 saturated heterocycles. The molecule has 4 aromatic rings. The third-order valence-corrected chi connectivity index (χ3v) is 6.00. The lowest BCUT2D eigenvalue weighted by atomic mass is 10.0. The van der Waals surface area contributed by atoms with Gasteiger partial charge >= 0.3 is 0 Å². The van der Waals surface area contributed by atoms with Gasteiger partial charge in [0.05, 0.1) is 0 Å². The van der Waals surface area contributed by atoms with E-state index in [9.17, 15) is 0 Å². The highest BCUT2D eigenvalue weighted by atomic mass is 15.1. The van der Waals surface area contributed by atoms with E-state index in [4.69, 9.17) is 0 Å². The number of benzene rings is 4. The van der Waals surface area contributed by atoms with Gasteiger partial charge in [0.15, 0.2) is 0 Å². The van der Waals surface area contributed by atoms with Gasteiger partial charge in [0.1, 0.15) is 0 Å². The molecular formula is C31H33N. The first-order valence-corrected chi connectivity index (χ1v) is 11.8. The molecule has 32 heavy (non-hydrogen) atoms. The van der Waals surface area contributed by atoms with Crippen LogP contribution in [0.15, 0.2) is 109 Å². The van der Waals surface area contributed by atoms with Crippen molar-refractivity contribution in [2.75, 3.05) is 4.90 Å². The first kappa shape index (κ1) is 21.9. The number of anilines is 1. The molecule has 0 aliphatic rings. The van der Waals surface area contributed by atoms with Crippen molar-refractivity contribution in [1.29, 1.82) is 0 Å². The molecule has 1 heteroatoms. The fraction of sp³-hybridized carbons (Fsp3) is 0.226. The molecule has 0 aromatic heterocycles. The van der Waals surface area contributed by atoms with Crippen molar-refractivity contribution >= 4 is 5.69 Å². The van der Waals surface area contributed by atoms with Gasteiger partial charge in [-0.1, -0.05) is 110 Å². The van der Waals surface area contributed by atoms with Gasteiger partial charge in [-0.05, 0) is 59.2 Å². The van der Waals surface area contributed by atoms with Crippen LogP contribution >= 0.6 is 0 Å². The molecule has 4 rings (SSSR count). The highest BCUT2D eigenvalue weighted by Gasteiger charge is 2.09. The fourth-order valence-electron chi connectivity index (χ4n) is 4.17. The van der Waals surface area contributed by atoms with Gasteiger partial charge in [0.2, 0.25) is 0 Å². The van der Waals surface area contributed by atoms with Crippen molar-refractivity contribution in [3.8, 4) is 0 Å². The predicted octanol–water partition coefficient (Wildman–Crippen LogP) is 7.63. The Hall–Kier alpha value is -3.32. The molecule has 0 heterocycles. The van der Waals surface area contributed by atoms with Gasteiger partial charge in [-0.2, -0.15) is 0 Å². The second kappa shape index (κ2) is 11.3. The zero-order chi connectivity index (χ0) is 22.0. The average Bonchev–Trinajstić information content (AvgIpc) is 2.85. The minimum Gasteiger partial charge on any atom is -0.363 e. The molecule has 0 atom stereocenters. The molecule has 0 fully saturated rings. The molecular weight excluding hydrogens is 386 g/mol. The molecule has 4 aromatic carbocycles. The second-order valence-electron chi connectivity index (χ2n) is 8.56. The summed E-state index contributed by atoms with van der Waals surface area (Å²) in [6.07, 6.45) is 4.54. The largest absolute Gasteiger partial charge is 0.363 e. The number of nitrogens with zero attached hydrogens (tertiary/aromatic N) is 1. The van der Waals surface area contributed by atoms with E-state index < -0.39 is 0 Å². The summed E-state index contributed by atoms with van der Waals surface area (Å²) in [4.78, 5) is 2.46. The van der Waals surface area contributed by atoms with Crippen LogP contribution in [-0.4, -0.2) is 0 Å². The summed E-state index contributed by atoms with van der Waals surface area (Å²) in [7, 11) is 0. The minimum absolute atomic E-state index is 0.902. The molecule has 0 bridgehead atoms. The van der Waals surface area contributed by atoms with E-state index in [1.165, 1.54) is 46.3 Å². The summed E-state index contributed by atoms with van der Waals surface area (Å²) >= 11 is 0. The average molecular weight is 420 g/mol. The Balaban J connectivity index is 1.43. The Bertz CT molecular complexity index is 1010. The highest BCUT2D eigenvalue weighted by molar-refractivity contribution is 5.49. The maximum absolute atomic E-state index is 2.46. The predicted molar refractivity (Wildman–Crippen MR) is 137 cm³/mol. The molecule has 1 nitrogen and oxygen atoms in total. The van der Waals surface area contributed by atoms with Crippen molar-refractivity contribution in [1.82, 2.24) is 0 Å². The summed E-state index contributed by atoms with van der Waals surface area (Å²) in [5.41, 5.74) is 8.19. The molecule has 0 unspecified atom stereocenters. The number of hydrogen-bond donors (Lipinski definition) is 0. The number of aryl methyl sites for hydroxylation is 3. The Kier molecular flexibility index (Phi) is 7.76. The molecule has 0 aliphatic carbocycles. The summed E-state index contributed by atoms with van der Waals surface area (Å²) in [6, 6.07) is 39.8. The first-order valence-electron chi connectivity index (χ1n) is 11.8. The zero-order valence-corrected chi connectivity index (χ0v) is 19.1. The Morgan fingerprint density at radius 2 is 0.844 bits per heavy atom. The minimum atomic E-state index is 0.902. The molecule has 0 aliphatic heterocycles. The monoisotopic (exact) mass is 419 g/mol. The zero-order valence-electron chi connectivity index (χ0n) is 19.1. The lowest BCUT2D eigenvalue weighted by Crippen LogP contribution is -2.22. The summed E-state index contributed by atoms with van der Waals surface area (Å²) < 4.78 is 0. The van der Waals surface area contributed by atoms with Gasteiger partial charge in [-0.15, -0.1) is 0 Å². The number of rotatable bonds is 10. The van der Waals surface area contributed by atoms with E-state index >= 15 is 0 Å². The SMILES string of the molecule is CCCc1ccc(CCc2ccc(N(Cc3ccccc3)Cc3ccccc3)cc2)cc1. The molecule has 162 valence electrons. The maximum Gasteiger partial charge on any atom is 0.0433 e. The summed E-state index contributed by atoms with van der Waals surface area (Å²) in [5, 5.41) is 0. The molecule has 0 radical (unpaired) electrons. The van der Waals surface area contributed by atoms with Crippen LogP contribution in [-0.2, 0) is 32.4 Å². The quantitative estimate of drug-likeness (QED) is 0.255. The van der Waals surface area contributed by atoms with Crippen molar-refractivity contribution in [2.45, 2.75) is 45.7 Å².